The second-order valence-electron chi connectivity index (χ2n) is 3.29. The van der Waals surface area contributed by atoms with Crippen molar-refractivity contribution in [3.8, 4) is 0 Å². The summed E-state index contributed by atoms with van der Waals surface area (Å²) in [6.45, 7) is 0. The van der Waals surface area contributed by atoms with Gasteiger partial charge in [0.2, 0.25) is 12.2 Å². The molecule has 18 heavy (non-hydrogen) atoms. The van der Waals surface area contributed by atoms with Crippen LogP contribution in [0, 0.1) is 11.6 Å². The topological polar surface area (TPSA) is 0 Å². The molecular weight excluding hydrogens is 291 g/mol. The average molecular weight is 297 g/mol. The molecule has 0 radical (unpaired) electrons. The molecule has 0 heterocycles. The summed E-state index contributed by atoms with van der Waals surface area (Å²) >= 11 is 0. The number of hydrogen-bond acceptors (Lipinski definition) is 0. The van der Waals surface area contributed by atoms with Gasteiger partial charge in [0.05, 0.1) is 0 Å². The lowest BCUT2D eigenvalue weighted by Crippen LogP contribution is -2.38. The third kappa shape index (κ3) is 2.58. The molecule has 0 bridgehead atoms. The molecule has 0 saturated heterocycles. The van der Waals surface area contributed by atoms with Crippen molar-refractivity contribution < 1.29 is 35.1 Å². The molecule has 0 saturated carbocycles. The van der Waals surface area contributed by atoms with Crippen LogP contribution in [0.25, 0.3) is 0 Å². The van der Waals surface area contributed by atoms with Gasteiger partial charge in [-0.25, -0.2) is 8.78 Å². The van der Waals surface area contributed by atoms with E-state index in [1.54, 1.807) is 0 Å². The normalized spacial score (nSPS) is 14.7. The Balaban J connectivity index is 3.31. The largest absolute Gasteiger partial charge is 0.493 e. The van der Waals surface area contributed by atoms with E-state index >= 15 is 0 Å². The monoisotopic (exact) mass is 297 g/mol. The van der Waals surface area contributed by atoms with E-state index in [0.29, 0.717) is 12.1 Å². The molecule has 0 aromatic heterocycles. The van der Waals surface area contributed by atoms with Crippen LogP contribution in [-0.2, 0) is 0 Å². The number of hydrogen-bond donors (Lipinski definition) is 0. The lowest BCUT2D eigenvalue weighted by atomic mass is 10.3. The molecule has 1 atom stereocenters. The van der Waals surface area contributed by atoms with Crippen LogP contribution >= 0.6 is 7.92 Å². The van der Waals surface area contributed by atoms with E-state index in [4.69, 9.17) is 0 Å². The summed E-state index contributed by atoms with van der Waals surface area (Å²) in [5.41, 5.74) is -5.39. The molecule has 0 fully saturated rings. The molecule has 0 aliphatic heterocycles. The fourth-order valence-electron chi connectivity index (χ4n) is 1.23. The highest BCUT2D eigenvalue weighted by molar-refractivity contribution is 7.66. The smallest absolute Gasteiger partial charge is 0.206 e. The highest BCUT2D eigenvalue weighted by Gasteiger charge is 2.69. The summed E-state index contributed by atoms with van der Waals surface area (Å²) in [7, 11) is -4.29. The Morgan fingerprint density at radius 1 is 1.00 bits per heavy atom. The lowest BCUT2D eigenvalue weighted by molar-refractivity contribution is -0.240. The molecule has 102 valence electrons. The van der Waals surface area contributed by atoms with Gasteiger partial charge in [0.15, 0.2) is 13.7 Å². The van der Waals surface area contributed by atoms with Crippen LogP contribution < -0.4 is 5.30 Å². The Hall–Kier alpha value is -0.910. The molecule has 0 N–H and O–H groups in total. The molecule has 0 amide bonds. The van der Waals surface area contributed by atoms with Crippen molar-refractivity contribution in [2.75, 3.05) is 6.42 Å². The summed E-state index contributed by atoms with van der Waals surface area (Å²) in [5.74, 6) is -3.46. The fourth-order valence-corrected chi connectivity index (χ4v) is 2.91. The molecule has 0 nitrogen and oxygen atoms in total. The Morgan fingerprint density at radius 3 is 2.00 bits per heavy atom. The minimum Gasteiger partial charge on any atom is -0.206 e. The van der Waals surface area contributed by atoms with E-state index in [1.807, 2.05) is 0 Å². The maximum absolute atomic E-state index is 13.1. The molecule has 1 aromatic carbocycles. The Labute approximate surface area is 97.4 Å². The Morgan fingerprint density at radius 2 is 1.56 bits per heavy atom. The second kappa shape index (κ2) is 4.99. The molecule has 1 aromatic rings. The first kappa shape index (κ1) is 15.1. The van der Waals surface area contributed by atoms with Gasteiger partial charge in [0, 0.05) is 0 Å². The van der Waals surface area contributed by atoms with Gasteiger partial charge in [-0.15, -0.1) is 0 Å². The van der Waals surface area contributed by atoms with E-state index < -0.39 is 43.1 Å². The number of rotatable bonds is 3. The maximum Gasteiger partial charge on any atom is 0.493 e. The van der Waals surface area contributed by atoms with Gasteiger partial charge >= 0.3 is 11.8 Å². The maximum atomic E-state index is 13.1. The van der Waals surface area contributed by atoms with E-state index in [1.165, 1.54) is 0 Å². The molecular formula is C9H6F8P+. The second-order valence-corrected chi connectivity index (χ2v) is 5.68. The van der Waals surface area contributed by atoms with Crippen LogP contribution in [0.4, 0.5) is 35.1 Å². The summed E-state index contributed by atoms with van der Waals surface area (Å²) in [6.07, 6.45) is -8.08. The zero-order chi connectivity index (χ0) is 14.1. The van der Waals surface area contributed by atoms with Crippen LogP contribution in [-0.4, -0.2) is 18.3 Å². The van der Waals surface area contributed by atoms with Crippen LogP contribution in [0.15, 0.2) is 18.2 Å². The van der Waals surface area contributed by atoms with Gasteiger partial charge in [-0.1, -0.05) is 6.07 Å². The minimum atomic E-state index is -6.01. The Kier molecular flexibility index (Phi) is 4.20. The number of benzene rings is 1. The van der Waals surface area contributed by atoms with E-state index in [-0.39, 0.29) is 0 Å². The average Bonchev–Trinajstić information content (AvgIpc) is 2.23. The van der Waals surface area contributed by atoms with Gasteiger partial charge in [-0.3, -0.25) is 0 Å². The Bertz CT molecular complexity index is 427. The van der Waals surface area contributed by atoms with Crippen molar-refractivity contribution in [2.45, 2.75) is 11.8 Å². The standard InChI is InChI=1S/C9H5F8P/c10-4-18(9(16,17)8(13,14)15)6-3-1-2-5(11)7(6)12/h1-3H,4H2/p+1. The van der Waals surface area contributed by atoms with E-state index in [2.05, 4.69) is 0 Å². The quantitative estimate of drug-likeness (QED) is 0.586. The molecule has 1 unspecified atom stereocenters. The van der Waals surface area contributed by atoms with Crippen molar-refractivity contribution in [3.63, 3.8) is 0 Å². The third-order valence-electron chi connectivity index (χ3n) is 2.15. The summed E-state index contributed by atoms with van der Waals surface area (Å²) in [5, 5.41) is -1.25. The molecule has 0 spiro atoms. The first-order chi connectivity index (χ1) is 8.13. The number of halogens is 8. The molecule has 0 aliphatic carbocycles. The van der Waals surface area contributed by atoms with E-state index in [0.717, 1.165) is 6.07 Å². The highest BCUT2D eigenvalue weighted by atomic mass is 31.1. The van der Waals surface area contributed by atoms with Gasteiger partial charge in [0.25, 0.3) is 0 Å². The summed E-state index contributed by atoms with van der Waals surface area (Å²) in [6, 6.07) is 1.83. The van der Waals surface area contributed by atoms with Gasteiger partial charge in [-0.2, -0.15) is 26.3 Å². The SMILES string of the molecule is FC[PH+](c1cccc(F)c1F)C(F)(F)C(F)(F)F. The van der Waals surface area contributed by atoms with Gasteiger partial charge < -0.3 is 0 Å². The lowest BCUT2D eigenvalue weighted by Gasteiger charge is -2.20. The van der Waals surface area contributed by atoms with Crippen molar-refractivity contribution in [1.82, 2.24) is 0 Å². The number of alkyl halides is 6. The predicted molar refractivity (Wildman–Crippen MR) is 51.3 cm³/mol. The van der Waals surface area contributed by atoms with E-state index in [9.17, 15) is 35.1 Å². The van der Waals surface area contributed by atoms with Crippen LogP contribution in [0.2, 0.25) is 0 Å². The minimum absolute atomic E-state index is 0.534. The van der Waals surface area contributed by atoms with Crippen LogP contribution in [0.3, 0.4) is 0 Å². The zero-order valence-electron chi connectivity index (χ0n) is 8.46. The summed E-state index contributed by atoms with van der Waals surface area (Å²) < 4.78 is 101. The predicted octanol–water partition coefficient (Wildman–Crippen LogP) is 3.89. The zero-order valence-corrected chi connectivity index (χ0v) is 9.46. The first-order valence-electron chi connectivity index (χ1n) is 4.44. The van der Waals surface area contributed by atoms with Gasteiger partial charge in [-0.05, 0) is 12.1 Å². The first-order valence-corrected chi connectivity index (χ1v) is 6.14. The van der Waals surface area contributed by atoms with Crippen molar-refractivity contribution in [2.24, 2.45) is 0 Å². The highest BCUT2D eigenvalue weighted by Crippen LogP contribution is 2.59. The third-order valence-corrected chi connectivity index (χ3v) is 4.49. The molecule has 0 aliphatic rings. The summed E-state index contributed by atoms with van der Waals surface area (Å²) in [4.78, 5) is 0. The van der Waals surface area contributed by atoms with Crippen molar-refractivity contribution in [1.29, 1.82) is 0 Å². The van der Waals surface area contributed by atoms with Crippen LogP contribution in [0.1, 0.15) is 0 Å². The van der Waals surface area contributed by atoms with Crippen molar-refractivity contribution in [3.05, 3.63) is 29.8 Å². The molecule has 1 rings (SSSR count). The fraction of sp³-hybridized carbons (Fsp3) is 0.333. The van der Waals surface area contributed by atoms with Crippen molar-refractivity contribution >= 4 is 13.2 Å². The van der Waals surface area contributed by atoms with Crippen LogP contribution in [0.5, 0.6) is 0 Å². The molecule has 9 heteroatoms. The van der Waals surface area contributed by atoms with Gasteiger partial charge in [0.1, 0.15) is 5.30 Å².